The molecule has 0 amide bonds. The number of nitrogens with zero attached hydrogens (tertiary/aromatic N) is 4. The first-order valence-electron chi connectivity index (χ1n) is 4.29. The Balaban J connectivity index is 2.40. The molecule has 0 aliphatic carbocycles. The summed E-state index contributed by atoms with van der Waals surface area (Å²) < 4.78 is 2.43. The van der Waals surface area contributed by atoms with Crippen molar-refractivity contribution in [2.45, 2.75) is 13.0 Å². The van der Waals surface area contributed by atoms with Crippen molar-refractivity contribution in [1.82, 2.24) is 19.2 Å². The van der Waals surface area contributed by atoms with Gasteiger partial charge in [0.15, 0.2) is 5.65 Å². The highest BCUT2D eigenvalue weighted by Crippen LogP contribution is 1.93. The first kappa shape index (κ1) is 9.38. The van der Waals surface area contributed by atoms with Crippen molar-refractivity contribution in [3.63, 3.8) is 0 Å². The predicted molar refractivity (Wildman–Crippen MR) is 49.5 cm³/mol. The number of aromatic nitrogens is 4. The molecule has 7 heteroatoms. The number of carbonyl (C=O) groups is 1. The first-order chi connectivity index (χ1) is 7.18. The molecule has 2 aromatic heterocycles. The van der Waals surface area contributed by atoms with Gasteiger partial charge in [-0.1, -0.05) is 0 Å². The Morgan fingerprint density at radius 2 is 2.33 bits per heavy atom. The fourth-order valence-corrected chi connectivity index (χ4v) is 1.23. The third-order valence-corrected chi connectivity index (χ3v) is 1.93. The van der Waals surface area contributed by atoms with Gasteiger partial charge in [-0.25, -0.2) is 13.9 Å². The zero-order valence-electron chi connectivity index (χ0n) is 7.70. The van der Waals surface area contributed by atoms with Crippen molar-refractivity contribution >= 4 is 11.6 Å². The van der Waals surface area contributed by atoms with Gasteiger partial charge in [-0.2, -0.15) is 0 Å². The molecule has 7 nitrogen and oxygen atoms in total. The van der Waals surface area contributed by atoms with Gasteiger partial charge in [0, 0.05) is 12.4 Å². The van der Waals surface area contributed by atoms with Crippen molar-refractivity contribution in [2.75, 3.05) is 0 Å². The van der Waals surface area contributed by atoms with E-state index in [2.05, 4.69) is 10.1 Å². The van der Waals surface area contributed by atoms with Crippen LogP contribution in [0.25, 0.3) is 5.65 Å². The Bertz CT molecular complexity index is 556. The molecule has 0 atom stereocenters. The van der Waals surface area contributed by atoms with E-state index >= 15 is 0 Å². The van der Waals surface area contributed by atoms with Gasteiger partial charge in [-0.3, -0.25) is 9.78 Å². The van der Waals surface area contributed by atoms with Crippen LogP contribution >= 0.6 is 0 Å². The molecule has 0 fully saturated rings. The summed E-state index contributed by atoms with van der Waals surface area (Å²) in [5, 5.41) is 12.4. The maximum absolute atomic E-state index is 11.6. The minimum Gasteiger partial charge on any atom is -0.481 e. The zero-order valence-corrected chi connectivity index (χ0v) is 7.70. The van der Waals surface area contributed by atoms with E-state index in [-0.39, 0.29) is 18.7 Å². The van der Waals surface area contributed by atoms with Crippen LogP contribution in [-0.4, -0.2) is 30.2 Å². The van der Waals surface area contributed by atoms with E-state index in [0.29, 0.717) is 5.65 Å². The maximum Gasteiger partial charge on any atom is 0.350 e. The predicted octanol–water partition coefficient (Wildman–Crippen LogP) is -0.634. The highest BCUT2D eigenvalue weighted by atomic mass is 16.4. The van der Waals surface area contributed by atoms with E-state index < -0.39 is 5.97 Å². The maximum atomic E-state index is 11.6. The second-order valence-electron chi connectivity index (χ2n) is 2.95. The Labute approximate surface area is 83.6 Å². The molecule has 0 radical (unpaired) electrons. The molecular weight excluding hydrogens is 200 g/mol. The largest absolute Gasteiger partial charge is 0.481 e. The van der Waals surface area contributed by atoms with Crippen molar-refractivity contribution in [3.8, 4) is 0 Å². The van der Waals surface area contributed by atoms with Gasteiger partial charge in [-0.15, -0.1) is 5.10 Å². The summed E-state index contributed by atoms with van der Waals surface area (Å²) in [6.45, 7) is 0.0653. The smallest absolute Gasteiger partial charge is 0.350 e. The molecule has 2 aromatic rings. The Kier molecular flexibility index (Phi) is 2.20. The van der Waals surface area contributed by atoms with Gasteiger partial charge in [0.1, 0.15) is 0 Å². The monoisotopic (exact) mass is 208 g/mol. The van der Waals surface area contributed by atoms with Crippen LogP contribution in [0.4, 0.5) is 0 Å². The summed E-state index contributed by atoms with van der Waals surface area (Å²) in [5.41, 5.74) is 0.0570. The number of hydrogen-bond acceptors (Lipinski definition) is 4. The highest BCUT2D eigenvalue weighted by molar-refractivity contribution is 5.66. The van der Waals surface area contributed by atoms with E-state index in [1.807, 2.05) is 0 Å². The van der Waals surface area contributed by atoms with E-state index in [9.17, 15) is 9.59 Å². The SMILES string of the molecule is O=C(O)CCn1nc2cnccn2c1=O. The molecule has 2 rings (SSSR count). The van der Waals surface area contributed by atoms with E-state index in [1.165, 1.54) is 23.0 Å². The highest BCUT2D eigenvalue weighted by Gasteiger charge is 2.07. The van der Waals surface area contributed by atoms with Gasteiger partial charge in [0.05, 0.1) is 19.2 Å². The normalized spacial score (nSPS) is 10.7. The minimum absolute atomic E-state index is 0.0653. The molecule has 0 aliphatic heterocycles. The van der Waals surface area contributed by atoms with E-state index in [4.69, 9.17) is 5.11 Å². The number of aryl methyl sites for hydroxylation is 1. The average Bonchev–Trinajstić information content (AvgIpc) is 2.54. The fraction of sp³-hybridized carbons (Fsp3) is 0.250. The standard InChI is InChI=1S/C8H8N4O3/c13-7(14)1-3-12-8(15)11-4-2-9-5-6(11)10-12/h2,4-5H,1,3H2,(H,13,14). The molecule has 0 aliphatic rings. The summed E-state index contributed by atoms with van der Waals surface area (Å²) in [6, 6.07) is 0. The molecule has 0 aromatic carbocycles. The molecule has 2 heterocycles. The van der Waals surface area contributed by atoms with E-state index in [1.54, 1.807) is 0 Å². The molecule has 0 spiro atoms. The van der Waals surface area contributed by atoms with Crippen LogP contribution in [0.15, 0.2) is 23.4 Å². The van der Waals surface area contributed by atoms with Crippen LogP contribution < -0.4 is 5.69 Å². The number of fused-ring (bicyclic) bond motifs is 1. The minimum atomic E-state index is -0.961. The van der Waals surface area contributed by atoms with Crippen molar-refractivity contribution in [2.24, 2.45) is 0 Å². The van der Waals surface area contributed by atoms with Gasteiger partial charge >= 0.3 is 11.7 Å². The molecule has 0 saturated heterocycles. The van der Waals surface area contributed by atoms with Crippen molar-refractivity contribution in [3.05, 3.63) is 29.1 Å². The molecule has 15 heavy (non-hydrogen) atoms. The number of rotatable bonds is 3. The second-order valence-corrected chi connectivity index (χ2v) is 2.95. The third kappa shape index (κ3) is 1.71. The zero-order chi connectivity index (χ0) is 10.8. The van der Waals surface area contributed by atoms with Gasteiger partial charge in [-0.05, 0) is 0 Å². The summed E-state index contributed by atoms with van der Waals surface area (Å²) in [4.78, 5) is 25.7. The van der Waals surface area contributed by atoms with Gasteiger partial charge in [0.2, 0.25) is 0 Å². The Morgan fingerprint density at radius 1 is 1.53 bits per heavy atom. The summed E-state index contributed by atoms with van der Waals surface area (Å²) in [5.74, 6) is -0.961. The van der Waals surface area contributed by atoms with Crippen LogP contribution in [0, 0.1) is 0 Å². The molecule has 1 N–H and O–H groups in total. The van der Waals surface area contributed by atoms with Gasteiger partial charge < -0.3 is 5.11 Å². The number of carboxylic acid groups (broad SMARTS) is 1. The molecule has 0 unspecified atom stereocenters. The summed E-state index contributed by atoms with van der Waals surface area (Å²) in [7, 11) is 0. The lowest BCUT2D eigenvalue weighted by molar-refractivity contribution is -0.137. The lowest BCUT2D eigenvalue weighted by Gasteiger charge is -1.93. The lowest BCUT2D eigenvalue weighted by Crippen LogP contribution is -2.22. The van der Waals surface area contributed by atoms with Crippen LogP contribution in [0.3, 0.4) is 0 Å². The third-order valence-electron chi connectivity index (χ3n) is 1.93. The van der Waals surface area contributed by atoms with Crippen molar-refractivity contribution < 1.29 is 9.90 Å². The van der Waals surface area contributed by atoms with Crippen LogP contribution in [0.5, 0.6) is 0 Å². The lowest BCUT2D eigenvalue weighted by atomic mass is 10.4. The van der Waals surface area contributed by atoms with E-state index in [0.717, 1.165) is 4.68 Å². The topological polar surface area (TPSA) is 89.5 Å². The fourth-order valence-electron chi connectivity index (χ4n) is 1.23. The summed E-state index contributed by atoms with van der Waals surface area (Å²) >= 11 is 0. The number of carboxylic acids is 1. The Morgan fingerprint density at radius 3 is 3.00 bits per heavy atom. The molecular formula is C8H8N4O3. The first-order valence-corrected chi connectivity index (χ1v) is 4.29. The van der Waals surface area contributed by atoms with Crippen LogP contribution in [0.1, 0.15) is 6.42 Å². The summed E-state index contributed by atoms with van der Waals surface area (Å²) in [6.07, 6.45) is 4.27. The molecule has 0 bridgehead atoms. The number of hydrogen-bond donors (Lipinski definition) is 1. The van der Waals surface area contributed by atoms with Crippen LogP contribution in [-0.2, 0) is 11.3 Å². The quantitative estimate of drug-likeness (QED) is 0.725. The van der Waals surface area contributed by atoms with Crippen molar-refractivity contribution in [1.29, 1.82) is 0 Å². The molecule has 0 saturated carbocycles. The van der Waals surface area contributed by atoms with Crippen LogP contribution in [0.2, 0.25) is 0 Å². The Hall–Kier alpha value is -2.18. The number of aliphatic carboxylic acids is 1. The van der Waals surface area contributed by atoms with Gasteiger partial charge in [0.25, 0.3) is 0 Å². The second kappa shape index (κ2) is 3.52. The average molecular weight is 208 g/mol. The molecule has 78 valence electrons.